The predicted molar refractivity (Wildman–Crippen MR) is 103 cm³/mol. The number of rotatable bonds is 5. The molecule has 1 saturated heterocycles. The smallest absolute Gasteiger partial charge is 0.421 e. The van der Waals surface area contributed by atoms with Crippen LogP contribution in [0.1, 0.15) is 25.3 Å². The topological polar surface area (TPSA) is 67.3 Å². The summed E-state index contributed by atoms with van der Waals surface area (Å²) in [6.07, 6.45) is -2.56. The van der Waals surface area contributed by atoms with Crippen LogP contribution in [0.15, 0.2) is 30.5 Å². The number of carbonyl (C=O) groups excluding carboxylic acids is 1. The van der Waals surface area contributed by atoms with E-state index in [1.54, 1.807) is 29.2 Å². The van der Waals surface area contributed by atoms with Gasteiger partial charge in [-0.3, -0.25) is 4.79 Å². The number of aromatic nitrogens is 2. The third-order valence-corrected chi connectivity index (χ3v) is 4.86. The molecule has 1 aromatic heterocycles. The van der Waals surface area contributed by atoms with Crippen LogP contribution in [-0.2, 0) is 15.7 Å². The second-order valence-corrected chi connectivity index (χ2v) is 7.23. The minimum atomic E-state index is -4.57. The first-order valence-corrected chi connectivity index (χ1v) is 9.45. The molecule has 1 aliphatic rings. The minimum absolute atomic E-state index is 0.0670. The molecule has 0 aliphatic carbocycles. The number of ether oxygens (including phenoxy) is 1. The molecule has 6 nitrogen and oxygen atoms in total. The number of nitrogens with one attached hydrogen (secondary N) is 1. The Balaban J connectivity index is 1.78. The van der Waals surface area contributed by atoms with Crippen molar-refractivity contribution < 1.29 is 22.7 Å². The van der Waals surface area contributed by atoms with E-state index in [0.717, 1.165) is 6.20 Å². The number of anilines is 3. The summed E-state index contributed by atoms with van der Waals surface area (Å²) in [5.41, 5.74) is -0.266. The van der Waals surface area contributed by atoms with Gasteiger partial charge in [-0.25, -0.2) is 4.98 Å². The van der Waals surface area contributed by atoms with Crippen molar-refractivity contribution in [3.05, 3.63) is 41.0 Å². The molecule has 1 N–H and O–H groups in total. The van der Waals surface area contributed by atoms with Crippen LogP contribution in [0.25, 0.3) is 0 Å². The highest BCUT2D eigenvalue weighted by Gasteiger charge is 2.37. The molecule has 156 valence electrons. The molecule has 0 radical (unpaired) electrons. The highest BCUT2D eigenvalue weighted by atomic mass is 35.5. The number of nitrogens with zero attached hydrogens (tertiary/aromatic N) is 3. The third-order valence-electron chi connectivity index (χ3n) is 4.61. The number of alkyl halides is 3. The van der Waals surface area contributed by atoms with Crippen LogP contribution in [0.5, 0.6) is 0 Å². The lowest BCUT2D eigenvalue weighted by atomic mass is 9.97. The van der Waals surface area contributed by atoms with Gasteiger partial charge in [0, 0.05) is 36.9 Å². The molecule has 0 unspecified atom stereocenters. The summed E-state index contributed by atoms with van der Waals surface area (Å²) >= 11 is 5.85. The summed E-state index contributed by atoms with van der Waals surface area (Å²) in [6.45, 7) is 2.38. The first-order valence-electron chi connectivity index (χ1n) is 9.07. The Morgan fingerprint density at radius 3 is 2.52 bits per heavy atom. The Hall–Kier alpha value is -2.55. The molecule has 1 fully saturated rings. The fourth-order valence-corrected chi connectivity index (χ4v) is 3.21. The molecule has 0 bridgehead atoms. The van der Waals surface area contributed by atoms with Crippen LogP contribution in [-0.4, -0.2) is 35.6 Å². The molecule has 1 aliphatic heterocycles. The molecule has 0 spiro atoms. The maximum Gasteiger partial charge on any atom is 0.421 e. The van der Waals surface area contributed by atoms with Crippen molar-refractivity contribution in [2.24, 2.45) is 5.92 Å². The van der Waals surface area contributed by atoms with Crippen LogP contribution in [0.2, 0.25) is 5.02 Å². The van der Waals surface area contributed by atoms with E-state index in [4.69, 9.17) is 16.3 Å². The van der Waals surface area contributed by atoms with Gasteiger partial charge in [0.1, 0.15) is 11.4 Å². The van der Waals surface area contributed by atoms with Crippen LogP contribution in [0.3, 0.4) is 0 Å². The zero-order valence-corrected chi connectivity index (χ0v) is 16.4. The predicted octanol–water partition coefficient (Wildman–Crippen LogP) is 4.67. The van der Waals surface area contributed by atoms with Gasteiger partial charge in [-0.05, 0) is 43.0 Å². The second kappa shape index (κ2) is 8.86. The summed E-state index contributed by atoms with van der Waals surface area (Å²) < 4.78 is 45.5. The number of halogens is 4. The summed E-state index contributed by atoms with van der Waals surface area (Å²) in [5, 5.41) is 3.44. The molecule has 29 heavy (non-hydrogen) atoms. The minimum Gasteiger partial charge on any atom is -0.466 e. The third kappa shape index (κ3) is 5.72. The second-order valence-electron chi connectivity index (χ2n) is 6.79. The Morgan fingerprint density at radius 1 is 1.28 bits per heavy atom. The molecular weight excluding hydrogens is 409 g/mol. The SMILES string of the molecule is CC(=O)OCC1CCN(c2nc(Nc3ccc(Cl)cc3)ncc2C(F)(F)F)CC1. The summed E-state index contributed by atoms with van der Waals surface area (Å²) in [7, 11) is 0. The largest absolute Gasteiger partial charge is 0.466 e. The van der Waals surface area contributed by atoms with E-state index in [1.807, 2.05) is 0 Å². The number of hydrogen-bond donors (Lipinski definition) is 1. The molecule has 0 amide bonds. The van der Waals surface area contributed by atoms with Gasteiger partial charge in [0.05, 0.1) is 6.61 Å². The van der Waals surface area contributed by atoms with Gasteiger partial charge in [0.2, 0.25) is 5.95 Å². The Bertz CT molecular complexity index is 854. The van der Waals surface area contributed by atoms with Crippen molar-refractivity contribution in [1.82, 2.24) is 9.97 Å². The van der Waals surface area contributed by atoms with Crippen LogP contribution in [0.4, 0.5) is 30.6 Å². The zero-order valence-electron chi connectivity index (χ0n) is 15.7. The van der Waals surface area contributed by atoms with Crippen molar-refractivity contribution in [3.63, 3.8) is 0 Å². The molecule has 1 aromatic carbocycles. The van der Waals surface area contributed by atoms with Gasteiger partial charge >= 0.3 is 12.1 Å². The van der Waals surface area contributed by atoms with Crippen LogP contribution in [0, 0.1) is 5.92 Å². The fraction of sp³-hybridized carbons (Fsp3) is 0.421. The van der Waals surface area contributed by atoms with Gasteiger partial charge in [0.15, 0.2) is 0 Å². The lowest BCUT2D eigenvalue weighted by molar-refractivity contribution is -0.142. The first kappa shape index (κ1) is 21.2. The van der Waals surface area contributed by atoms with Gasteiger partial charge in [-0.15, -0.1) is 0 Å². The Labute approximate surface area is 171 Å². The van der Waals surface area contributed by atoms with Crippen LogP contribution < -0.4 is 10.2 Å². The van der Waals surface area contributed by atoms with E-state index in [1.165, 1.54) is 6.92 Å². The zero-order chi connectivity index (χ0) is 21.0. The highest BCUT2D eigenvalue weighted by Crippen LogP contribution is 2.37. The standard InChI is InChI=1S/C19H20ClF3N4O2/c1-12(28)29-11-13-6-8-27(9-7-13)17-16(19(21,22)23)10-24-18(26-17)25-15-4-2-14(20)3-5-15/h2-5,10,13H,6-9,11H2,1H3,(H,24,25,26). The molecule has 0 saturated carbocycles. The van der Waals surface area contributed by atoms with Gasteiger partial charge < -0.3 is 15.0 Å². The van der Waals surface area contributed by atoms with Crippen molar-refractivity contribution in [1.29, 1.82) is 0 Å². The van der Waals surface area contributed by atoms with E-state index in [2.05, 4.69) is 15.3 Å². The van der Waals surface area contributed by atoms with Gasteiger partial charge in [-0.2, -0.15) is 18.2 Å². The molecular formula is C19H20ClF3N4O2. The van der Waals surface area contributed by atoms with Gasteiger partial charge in [0.25, 0.3) is 0 Å². The first-order chi connectivity index (χ1) is 13.7. The quantitative estimate of drug-likeness (QED) is 0.698. The van der Waals surface area contributed by atoms with Crippen molar-refractivity contribution in [2.75, 3.05) is 29.9 Å². The van der Waals surface area contributed by atoms with E-state index in [0.29, 0.717) is 36.6 Å². The molecule has 0 atom stereocenters. The normalized spacial score (nSPS) is 15.3. The highest BCUT2D eigenvalue weighted by molar-refractivity contribution is 6.30. The number of piperidine rings is 1. The Kier molecular flexibility index (Phi) is 6.46. The number of benzene rings is 1. The maximum atomic E-state index is 13.5. The van der Waals surface area contributed by atoms with Crippen LogP contribution >= 0.6 is 11.6 Å². The van der Waals surface area contributed by atoms with Crippen molar-refractivity contribution >= 4 is 35.0 Å². The summed E-state index contributed by atoms with van der Waals surface area (Å²) in [4.78, 5) is 20.5. The molecule has 3 rings (SSSR count). The van der Waals surface area contributed by atoms with E-state index < -0.39 is 11.7 Å². The summed E-state index contributed by atoms with van der Waals surface area (Å²) in [6, 6.07) is 6.68. The average molecular weight is 429 g/mol. The van der Waals surface area contributed by atoms with E-state index in [9.17, 15) is 18.0 Å². The number of esters is 1. The van der Waals surface area contributed by atoms with Crippen molar-refractivity contribution in [2.45, 2.75) is 25.9 Å². The Morgan fingerprint density at radius 2 is 1.93 bits per heavy atom. The lowest BCUT2D eigenvalue weighted by Gasteiger charge is -2.33. The van der Waals surface area contributed by atoms with Crippen molar-refractivity contribution in [3.8, 4) is 0 Å². The maximum absolute atomic E-state index is 13.5. The monoisotopic (exact) mass is 428 g/mol. The summed E-state index contributed by atoms with van der Waals surface area (Å²) in [5.74, 6) is -0.328. The number of carbonyl (C=O) groups is 1. The average Bonchev–Trinajstić information content (AvgIpc) is 2.68. The molecule has 10 heteroatoms. The van der Waals surface area contributed by atoms with Gasteiger partial charge in [-0.1, -0.05) is 11.6 Å². The lowest BCUT2D eigenvalue weighted by Crippen LogP contribution is -2.37. The number of hydrogen-bond acceptors (Lipinski definition) is 6. The van der Waals surface area contributed by atoms with E-state index in [-0.39, 0.29) is 30.3 Å². The fourth-order valence-electron chi connectivity index (χ4n) is 3.08. The molecule has 2 aromatic rings. The van der Waals surface area contributed by atoms with E-state index >= 15 is 0 Å². The molecule has 2 heterocycles.